The van der Waals surface area contributed by atoms with Crippen molar-refractivity contribution in [3.8, 4) is 11.5 Å². The highest BCUT2D eigenvalue weighted by atomic mass is 16.5. The molecule has 10 heteroatoms. The highest BCUT2D eigenvalue weighted by molar-refractivity contribution is 5.73. The van der Waals surface area contributed by atoms with Gasteiger partial charge >= 0.3 is 5.97 Å². The summed E-state index contributed by atoms with van der Waals surface area (Å²) >= 11 is 0. The van der Waals surface area contributed by atoms with Crippen LogP contribution in [0.4, 0.5) is 0 Å². The Morgan fingerprint density at radius 2 is 1.83 bits per heavy atom. The van der Waals surface area contributed by atoms with E-state index in [4.69, 9.17) is 25.3 Å². The SMILES string of the molecule is CC(C)[C@@H](C)[C@@]1(C)CC[C@]2(C)[C@H]3CC[C@@H]4[C@@]5(COC[C@@]4(C)[C@@H](OC[C@](C)(N)C(C)C)[C@H](n4ncnc4-c4cnccn4)C5)C3=CC[C@@]2(C)[C@@H]1C(=O)O. The van der Waals surface area contributed by atoms with Gasteiger partial charge in [0.1, 0.15) is 12.0 Å². The van der Waals surface area contributed by atoms with E-state index in [1.165, 1.54) is 5.57 Å². The molecule has 2 bridgehead atoms. The molecule has 1 saturated heterocycles. The molecule has 12 atom stereocenters. The fourth-order valence-corrected chi connectivity index (χ4v) is 12.6. The van der Waals surface area contributed by atoms with E-state index in [1.54, 1.807) is 24.9 Å². The van der Waals surface area contributed by atoms with Gasteiger partial charge in [-0.05, 0) is 91.3 Å². The number of aromatic nitrogens is 5. The van der Waals surface area contributed by atoms with Crippen LogP contribution in [0, 0.1) is 62.6 Å². The molecule has 2 aromatic heterocycles. The molecule has 0 radical (unpaired) electrons. The Hall–Kier alpha value is -2.69. The summed E-state index contributed by atoms with van der Waals surface area (Å²) in [6.45, 7) is 24.3. The summed E-state index contributed by atoms with van der Waals surface area (Å²) in [4.78, 5) is 27.3. The van der Waals surface area contributed by atoms with Gasteiger partial charge in [0.05, 0.1) is 44.1 Å². The molecule has 286 valence electrons. The summed E-state index contributed by atoms with van der Waals surface area (Å²) in [6, 6.07) is -0.151. The van der Waals surface area contributed by atoms with E-state index in [0.717, 1.165) is 38.5 Å². The molecule has 0 aromatic carbocycles. The number of carboxylic acids is 1. The van der Waals surface area contributed by atoms with Gasteiger partial charge in [0.2, 0.25) is 0 Å². The van der Waals surface area contributed by atoms with Crippen molar-refractivity contribution in [2.75, 3.05) is 19.8 Å². The third-order valence-electron chi connectivity index (χ3n) is 16.7. The molecule has 3 N–H and O–H groups in total. The third-order valence-corrected chi connectivity index (χ3v) is 16.7. The molecule has 3 heterocycles. The van der Waals surface area contributed by atoms with Crippen LogP contribution >= 0.6 is 0 Å². The smallest absolute Gasteiger partial charge is 0.307 e. The van der Waals surface area contributed by atoms with Crippen molar-refractivity contribution in [2.45, 2.75) is 125 Å². The summed E-state index contributed by atoms with van der Waals surface area (Å²) in [7, 11) is 0. The summed E-state index contributed by atoms with van der Waals surface area (Å²) in [5.74, 6) is 1.19. The van der Waals surface area contributed by atoms with Gasteiger partial charge in [-0.15, -0.1) is 0 Å². The summed E-state index contributed by atoms with van der Waals surface area (Å²) < 4.78 is 15.9. The van der Waals surface area contributed by atoms with Crippen LogP contribution in [0.2, 0.25) is 0 Å². The molecule has 4 aliphatic carbocycles. The monoisotopic (exact) mass is 716 g/mol. The second-order valence-electron chi connectivity index (χ2n) is 19.6. The molecule has 7 rings (SSSR count). The lowest BCUT2D eigenvalue weighted by atomic mass is 9.34. The van der Waals surface area contributed by atoms with Gasteiger partial charge in [-0.3, -0.25) is 9.78 Å². The number of carboxylic acid groups (broad SMARTS) is 1. The second-order valence-corrected chi connectivity index (χ2v) is 19.6. The predicted molar refractivity (Wildman–Crippen MR) is 201 cm³/mol. The number of aliphatic carboxylic acids is 1. The summed E-state index contributed by atoms with van der Waals surface area (Å²) in [5.41, 5.74) is 7.15. The van der Waals surface area contributed by atoms with Crippen LogP contribution in [-0.4, -0.2) is 67.3 Å². The third kappa shape index (κ3) is 5.23. The van der Waals surface area contributed by atoms with Crippen molar-refractivity contribution in [1.29, 1.82) is 0 Å². The zero-order valence-electron chi connectivity index (χ0n) is 33.4. The topological polar surface area (TPSA) is 138 Å². The molecule has 5 aliphatic rings. The van der Waals surface area contributed by atoms with Crippen molar-refractivity contribution >= 4 is 5.97 Å². The standard InChI is InChI=1S/C42H64N6O4/c1-25(2)27(5)37(6)15-16-39(8)28-11-12-32-38(7)21-51-23-42(32,29(28)13-14-40(39,9)33(37)36(49)50)19-31(34(38)52-22-41(10,43)26(3)4)48-35(46-24-47-48)30-20-44-17-18-45-30/h13,17-18,20,24-28,31-34H,11-12,14-16,19,21-23,43H2,1-10H3,(H,49,50)/t27-,28+,31-,32+,33-,34+,37-,38-,39-,40+,41+,42+/m1/s1. The van der Waals surface area contributed by atoms with Gasteiger partial charge in [0, 0.05) is 28.8 Å². The molecule has 0 amide bonds. The number of carbonyl (C=O) groups is 1. The number of hydrogen-bond acceptors (Lipinski definition) is 8. The lowest BCUT2D eigenvalue weighted by molar-refractivity contribution is -0.252. The van der Waals surface area contributed by atoms with Gasteiger partial charge in [-0.2, -0.15) is 5.10 Å². The lowest BCUT2D eigenvalue weighted by Crippen LogP contribution is -2.69. The minimum atomic E-state index is -0.630. The van der Waals surface area contributed by atoms with Crippen LogP contribution in [0.1, 0.15) is 114 Å². The Balaban J connectivity index is 1.35. The van der Waals surface area contributed by atoms with Crippen LogP contribution in [0.15, 0.2) is 36.6 Å². The molecule has 1 aliphatic heterocycles. The van der Waals surface area contributed by atoms with E-state index in [1.807, 2.05) is 0 Å². The van der Waals surface area contributed by atoms with Gasteiger partial charge in [-0.1, -0.05) is 74.0 Å². The average molecular weight is 717 g/mol. The first-order valence-electron chi connectivity index (χ1n) is 19.9. The Kier molecular flexibility index (Phi) is 9.18. The molecule has 10 nitrogen and oxygen atoms in total. The van der Waals surface area contributed by atoms with Crippen LogP contribution in [-0.2, 0) is 14.3 Å². The van der Waals surface area contributed by atoms with Crippen molar-refractivity contribution in [2.24, 2.45) is 68.3 Å². The fraction of sp³-hybridized carbons (Fsp3) is 0.786. The Morgan fingerprint density at radius 1 is 1.08 bits per heavy atom. The molecule has 2 aromatic rings. The average Bonchev–Trinajstić information content (AvgIpc) is 3.58. The van der Waals surface area contributed by atoms with E-state index < -0.39 is 17.4 Å². The van der Waals surface area contributed by atoms with Crippen molar-refractivity contribution in [3.05, 3.63) is 36.6 Å². The molecule has 3 saturated carbocycles. The van der Waals surface area contributed by atoms with Crippen molar-refractivity contribution in [3.63, 3.8) is 0 Å². The molecular formula is C42H64N6O4. The zero-order valence-corrected chi connectivity index (χ0v) is 33.4. The van der Waals surface area contributed by atoms with Crippen LogP contribution < -0.4 is 5.73 Å². The van der Waals surface area contributed by atoms with Gasteiger partial charge in [-0.25, -0.2) is 14.6 Å². The van der Waals surface area contributed by atoms with E-state index in [-0.39, 0.29) is 51.1 Å². The zero-order chi connectivity index (χ0) is 37.6. The molecule has 4 fully saturated rings. The maximum atomic E-state index is 13.5. The van der Waals surface area contributed by atoms with E-state index in [2.05, 4.69) is 90.0 Å². The first kappa shape index (κ1) is 37.6. The number of hydrogen-bond donors (Lipinski definition) is 2. The number of ether oxygens (including phenoxy) is 2. The Bertz CT molecular complexity index is 1690. The minimum absolute atomic E-state index is 0.151. The Morgan fingerprint density at radius 3 is 2.48 bits per heavy atom. The quantitative estimate of drug-likeness (QED) is 0.251. The van der Waals surface area contributed by atoms with Gasteiger partial charge in [0.25, 0.3) is 0 Å². The maximum absolute atomic E-state index is 13.5. The van der Waals surface area contributed by atoms with E-state index in [9.17, 15) is 9.90 Å². The maximum Gasteiger partial charge on any atom is 0.307 e. The van der Waals surface area contributed by atoms with E-state index >= 15 is 0 Å². The van der Waals surface area contributed by atoms with Crippen LogP contribution in [0.25, 0.3) is 11.5 Å². The highest BCUT2D eigenvalue weighted by Gasteiger charge is 2.72. The highest BCUT2D eigenvalue weighted by Crippen LogP contribution is 2.75. The molecule has 0 spiro atoms. The summed E-state index contributed by atoms with van der Waals surface area (Å²) in [6.07, 6.45) is 14.6. The second kappa shape index (κ2) is 12.7. The van der Waals surface area contributed by atoms with Gasteiger partial charge in [0.15, 0.2) is 5.82 Å². The number of allylic oxidation sites excluding steroid dienone is 1. The van der Waals surface area contributed by atoms with Crippen molar-refractivity contribution in [1.82, 2.24) is 24.7 Å². The first-order chi connectivity index (χ1) is 24.4. The van der Waals surface area contributed by atoms with Crippen LogP contribution in [0.5, 0.6) is 0 Å². The minimum Gasteiger partial charge on any atom is -0.481 e. The predicted octanol–water partition coefficient (Wildman–Crippen LogP) is 7.62. The number of nitrogens with zero attached hydrogens (tertiary/aromatic N) is 5. The molecule has 0 unspecified atom stereocenters. The number of rotatable bonds is 9. The largest absolute Gasteiger partial charge is 0.481 e. The fourth-order valence-electron chi connectivity index (χ4n) is 12.6. The number of fused-ring (bicyclic) bond motifs is 3. The summed E-state index contributed by atoms with van der Waals surface area (Å²) in [5, 5.41) is 16.0. The van der Waals surface area contributed by atoms with Crippen LogP contribution in [0.3, 0.4) is 0 Å². The Labute approximate surface area is 311 Å². The van der Waals surface area contributed by atoms with Gasteiger partial charge < -0.3 is 20.3 Å². The molecular weight excluding hydrogens is 653 g/mol. The first-order valence-corrected chi connectivity index (χ1v) is 19.9. The van der Waals surface area contributed by atoms with E-state index in [0.29, 0.717) is 49.1 Å². The lowest BCUT2D eigenvalue weighted by Gasteiger charge is -2.71. The number of nitrogens with two attached hydrogens (primary N) is 1. The normalized spacial score (nSPS) is 41.7. The molecule has 52 heavy (non-hydrogen) atoms. The van der Waals surface area contributed by atoms with Crippen molar-refractivity contribution < 1.29 is 19.4 Å².